The van der Waals surface area contributed by atoms with Crippen molar-refractivity contribution in [2.45, 2.75) is 6.92 Å². The van der Waals surface area contributed by atoms with Gasteiger partial charge in [0.05, 0.1) is 12.3 Å². The molecule has 0 spiro atoms. The highest BCUT2D eigenvalue weighted by atomic mass is 32.1. The number of amides is 1. The number of hydrogen-bond donors (Lipinski definition) is 1. The van der Waals surface area contributed by atoms with Crippen LogP contribution in [-0.4, -0.2) is 36.4 Å². The minimum absolute atomic E-state index is 0.218. The van der Waals surface area contributed by atoms with Crippen molar-refractivity contribution in [3.63, 3.8) is 0 Å². The van der Waals surface area contributed by atoms with Gasteiger partial charge in [0.2, 0.25) is 0 Å². The highest BCUT2D eigenvalue weighted by Gasteiger charge is 2.12. The van der Waals surface area contributed by atoms with Crippen LogP contribution in [0, 0.1) is 6.92 Å². The van der Waals surface area contributed by atoms with Crippen molar-refractivity contribution >= 4 is 22.4 Å². The number of anilines is 1. The molecule has 0 aliphatic rings. The van der Waals surface area contributed by atoms with E-state index in [-0.39, 0.29) is 6.61 Å². The molecule has 2 aromatic heterocycles. The monoisotopic (exact) mass is 293 g/mol. The van der Waals surface area contributed by atoms with Gasteiger partial charge in [0.15, 0.2) is 0 Å². The molecule has 2 heterocycles. The Morgan fingerprint density at radius 2 is 2.30 bits per heavy atom. The summed E-state index contributed by atoms with van der Waals surface area (Å²) in [5, 5.41) is 4.16. The van der Waals surface area contributed by atoms with Crippen molar-refractivity contribution < 1.29 is 14.3 Å². The van der Waals surface area contributed by atoms with E-state index in [2.05, 4.69) is 15.3 Å². The van der Waals surface area contributed by atoms with Gasteiger partial charge in [0, 0.05) is 25.1 Å². The Kier molecular flexibility index (Phi) is 5.03. The first-order chi connectivity index (χ1) is 9.70. The molecule has 7 heteroatoms. The number of nitrogens with zero attached hydrogens (tertiary/aromatic N) is 2. The number of aryl methyl sites for hydroxylation is 1. The Hall–Kier alpha value is -1.99. The second-order valence-electron chi connectivity index (χ2n) is 3.93. The number of ether oxygens (including phenoxy) is 2. The molecule has 0 fully saturated rings. The lowest BCUT2D eigenvalue weighted by molar-refractivity contribution is 0.107. The summed E-state index contributed by atoms with van der Waals surface area (Å²) in [6.45, 7) is 2.42. The SMILES string of the molecule is COCCOC(=O)Nc1sc(-c2cccnc2)nc1C. The topological polar surface area (TPSA) is 73.3 Å². The molecule has 2 rings (SSSR count). The van der Waals surface area contributed by atoms with Crippen molar-refractivity contribution in [1.29, 1.82) is 0 Å². The van der Waals surface area contributed by atoms with Crippen LogP contribution in [0.5, 0.6) is 0 Å². The predicted octanol–water partition coefficient (Wildman–Crippen LogP) is 2.71. The van der Waals surface area contributed by atoms with Crippen LogP contribution in [0.3, 0.4) is 0 Å². The van der Waals surface area contributed by atoms with Crippen LogP contribution >= 0.6 is 11.3 Å². The molecule has 1 N–H and O–H groups in total. The summed E-state index contributed by atoms with van der Waals surface area (Å²) >= 11 is 1.39. The van der Waals surface area contributed by atoms with E-state index in [4.69, 9.17) is 9.47 Å². The van der Waals surface area contributed by atoms with Gasteiger partial charge in [-0.3, -0.25) is 10.3 Å². The molecule has 0 bridgehead atoms. The highest BCUT2D eigenvalue weighted by molar-refractivity contribution is 7.19. The third-order valence-corrected chi connectivity index (χ3v) is 3.56. The predicted molar refractivity (Wildman–Crippen MR) is 76.9 cm³/mol. The lowest BCUT2D eigenvalue weighted by atomic mass is 10.3. The number of carbonyl (C=O) groups is 1. The number of methoxy groups -OCH3 is 1. The summed E-state index contributed by atoms with van der Waals surface area (Å²) in [5.41, 5.74) is 1.67. The smallest absolute Gasteiger partial charge is 0.412 e. The Balaban J connectivity index is 2.03. The quantitative estimate of drug-likeness (QED) is 0.858. The third-order valence-electron chi connectivity index (χ3n) is 2.44. The van der Waals surface area contributed by atoms with Crippen LogP contribution in [-0.2, 0) is 9.47 Å². The van der Waals surface area contributed by atoms with Crippen LogP contribution < -0.4 is 5.32 Å². The first-order valence-electron chi connectivity index (χ1n) is 6.01. The minimum atomic E-state index is -0.508. The van der Waals surface area contributed by atoms with Crippen molar-refractivity contribution in [3.8, 4) is 10.6 Å². The van der Waals surface area contributed by atoms with Gasteiger partial charge in [-0.15, -0.1) is 0 Å². The molecule has 20 heavy (non-hydrogen) atoms. The first kappa shape index (κ1) is 14.4. The fourth-order valence-corrected chi connectivity index (χ4v) is 2.41. The number of nitrogens with one attached hydrogen (secondary N) is 1. The van der Waals surface area contributed by atoms with Crippen molar-refractivity contribution in [2.75, 3.05) is 25.6 Å². The molecular weight excluding hydrogens is 278 g/mol. The van der Waals surface area contributed by atoms with Gasteiger partial charge in [0.25, 0.3) is 0 Å². The summed E-state index contributed by atoms with van der Waals surface area (Å²) in [4.78, 5) is 20.0. The highest BCUT2D eigenvalue weighted by Crippen LogP contribution is 2.31. The molecule has 0 aliphatic carbocycles. The molecule has 1 amide bonds. The maximum Gasteiger partial charge on any atom is 0.412 e. The fourth-order valence-electron chi connectivity index (χ4n) is 1.47. The fraction of sp³-hybridized carbons (Fsp3) is 0.308. The number of aromatic nitrogens is 2. The van der Waals surface area contributed by atoms with Crippen LogP contribution in [0.1, 0.15) is 5.69 Å². The van der Waals surface area contributed by atoms with E-state index in [1.807, 2.05) is 19.1 Å². The number of rotatable bonds is 5. The zero-order chi connectivity index (χ0) is 14.4. The van der Waals surface area contributed by atoms with Crippen LogP contribution in [0.2, 0.25) is 0 Å². The Labute approximate surface area is 120 Å². The molecular formula is C13H15N3O3S. The Morgan fingerprint density at radius 1 is 1.45 bits per heavy atom. The minimum Gasteiger partial charge on any atom is -0.447 e. The average molecular weight is 293 g/mol. The van der Waals surface area contributed by atoms with Gasteiger partial charge in [-0.05, 0) is 19.1 Å². The van der Waals surface area contributed by atoms with E-state index < -0.39 is 6.09 Å². The van der Waals surface area contributed by atoms with Gasteiger partial charge >= 0.3 is 6.09 Å². The van der Waals surface area contributed by atoms with E-state index in [0.29, 0.717) is 11.6 Å². The van der Waals surface area contributed by atoms with Gasteiger partial charge in [-0.2, -0.15) is 0 Å². The van der Waals surface area contributed by atoms with E-state index in [1.165, 1.54) is 11.3 Å². The Bertz CT molecular complexity index is 571. The number of thiazole rings is 1. The second-order valence-corrected chi connectivity index (χ2v) is 4.93. The average Bonchev–Trinajstić information content (AvgIpc) is 2.81. The summed E-state index contributed by atoms with van der Waals surface area (Å²) in [7, 11) is 1.55. The standard InChI is InChI=1S/C13H15N3O3S/c1-9-11(16-13(17)19-7-6-18-2)20-12(15-9)10-4-3-5-14-8-10/h3-5,8H,6-7H2,1-2H3,(H,16,17). The molecule has 0 aromatic carbocycles. The molecule has 0 saturated heterocycles. The van der Waals surface area contributed by atoms with E-state index >= 15 is 0 Å². The zero-order valence-corrected chi connectivity index (χ0v) is 12.1. The van der Waals surface area contributed by atoms with Crippen molar-refractivity contribution in [2.24, 2.45) is 0 Å². The molecule has 0 unspecified atom stereocenters. The van der Waals surface area contributed by atoms with E-state index in [9.17, 15) is 4.79 Å². The lowest BCUT2D eigenvalue weighted by Crippen LogP contribution is -2.16. The zero-order valence-electron chi connectivity index (χ0n) is 11.3. The third kappa shape index (κ3) is 3.75. The molecule has 106 valence electrons. The van der Waals surface area contributed by atoms with Gasteiger partial charge < -0.3 is 9.47 Å². The summed E-state index contributed by atoms with van der Waals surface area (Å²) in [5.74, 6) is 0. The molecule has 2 aromatic rings. The van der Waals surface area contributed by atoms with Crippen molar-refractivity contribution in [1.82, 2.24) is 9.97 Å². The van der Waals surface area contributed by atoms with Gasteiger partial charge in [-0.25, -0.2) is 9.78 Å². The van der Waals surface area contributed by atoms with Crippen LogP contribution in [0.15, 0.2) is 24.5 Å². The van der Waals surface area contributed by atoms with Crippen LogP contribution in [0.4, 0.5) is 9.80 Å². The maximum absolute atomic E-state index is 11.6. The van der Waals surface area contributed by atoms with Gasteiger partial charge in [-0.1, -0.05) is 11.3 Å². The Morgan fingerprint density at radius 3 is 3.00 bits per heavy atom. The summed E-state index contributed by atoms with van der Waals surface area (Å²) < 4.78 is 9.75. The van der Waals surface area contributed by atoms with Crippen molar-refractivity contribution in [3.05, 3.63) is 30.2 Å². The molecule has 0 radical (unpaired) electrons. The number of carbonyl (C=O) groups excluding carboxylic acids is 1. The van der Waals surface area contributed by atoms with Crippen LogP contribution in [0.25, 0.3) is 10.6 Å². The number of pyridine rings is 1. The lowest BCUT2D eigenvalue weighted by Gasteiger charge is -2.04. The maximum atomic E-state index is 11.6. The molecule has 0 atom stereocenters. The van der Waals surface area contributed by atoms with E-state index in [1.54, 1.807) is 19.5 Å². The molecule has 6 nitrogen and oxygen atoms in total. The van der Waals surface area contributed by atoms with Gasteiger partial charge in [0.1, 0.15) is 16.6 Å². The summed E-state index contributed by atoms with van der Waals surface area (Å²) in [6.07, 6.45) is 2.93. The molecule has 0 aliphatic heterocycles. The first-order valence-corrected chi connectivity index (χ1v) is 6.83. The molecule has 0 saturated carbocycles. The largest absolute Gasteiger partial charge is 0.447 e. The second kappa shape index (κ2) is 6.97. The van der Waals surface area contributed by atoms with E-state index in [0.717, 1.165) is 16.3 Å². The summed E-state index contributed by atoms with van der Waals surface area (Å²) in [6, 6.07) is 3.77. The normalized spacial score (nSPS) is 10.3. The number of hydrogen-bond acceptors (Lipinski definition) is 6.